The quantitative estimate of drug-likeness (QED) is 0.743. The summed E-state index contributed by atoms with van der Waals surface area (Å²) >= 11 is 0. The van der Waals surface area contributed by atoms with Crippen LogP contribution in [0.2, 0.25) is 0 Å². The molecule has 0 aromatic carbocycles. The van der Waals surface area contributed by atoms with Crippen molar-refractivity contribution in [1.82, 2.24) is 0 Å². The largest absolute Gasteiger partial charge is 0.479 e. The summed E-state index contributed by atoms with van der Waals surface area (Å²) in [4.78, 5) is 11.4. The van der Waals surface area contributed by atoms with Gasteiger partial charge in [-0.25, -0.2) is 4.79 Å². The second kappa shape index (κ2) is 5.59. The Morgan fingerprint density at radius 3 is 2.62 bits per heavy atom. The molecule has 0 bridgehead atoms. The second-order valence-corrected chi connectivity index (χ2v) is 9.51. The first-order chi connectivity index (χ1) is 11.4. The van der Waals surface area contributed by atoms with Crippen LogP contribution in [0.15, 0.2) is 12.2 Å². The Balaban J connectivity index is 1.63. The molecule has 134 valence electrons. The van der Waals surface area contributed by atoms with Crippen LogP contribution in [0.25, 0.3) is 0 Å². The van der Waals surface area contributed by atoms with Gasteiger partial charge in [-0.05, 0) is 85.9 Å². The van der Waals surface area contributed by atoms with Crippen LogP contribution in [0, 0.1) is 40.4 Å². The number of carbonyl (C=O) groups is 1. The Kier molecular flexibility index (Phi) is 3.87. The molecule has 4 rings (SSSR count). The zero-order valence-corrected chi connectivity index (χ0v) is 15.1. The predicted octanol–water partition coefficient (Wildman–Crippen LogP) is 4.26. The van der Waals surface area contributed by atoms with Crippen LogP contribution in [0.4, 0.5) is 0 Å². The molecule has 3 nitrogen and oxygen atoms in total. The van der Waals surface area contributed by atoms with Crippen LogP contribution in [-0.4, -0.2) is 22.3 Å². The van der Waals surface area contributed by atoms with Gasteiger partial charge in [0, 0.05) is 5.92 Å². The number of allylic oxidation sites excluding steroid dienone is 2. The molecule has 0 spiro atoms. The molecule has 2 unspecified atom stereocenters. The summed E-state index contributed by atoms with van der Waals surface area (Å²) in [7, 11) is 0. The third-order valence-corrected chi connectivity index (χ3v) is 8.83. The minimum absolute atomic E-state index is 0.0144. The minimum Gasteiger partial charge on any atom is -0.479 e. The number of fused-ring (bicyclic) bond motifs is 5. The van der Waals surface area contributed by atoms with Crippen molar-refractivity contribution < 1.29 is 15.0 Å². The highest BCUT2D eigenvalue weighted by Crippen LogP contribution is 2.66. The molecule has 24 heavy (non-hydrogen) atoms. The normalized spacial score (nSPS) is 51.4. The lowest BCUT2D eigenvalue weighted by molar-refractivity contribution is -0.155. The maximum atomic E-state index is 11.4. The molecule has 0 aromatic rings. The number of carboxylic acid groups (broad SMARTS) is 1. The van der Waals surface area contributed by atoms with Gasteiger partial charge in [-0.3, -0.25) is 0 Å². The van der Waals surface area contributed by atoms with Gasteiger partial charge in [-0.15, -0.1) is 0 Å². The first-order valence-electron chi connectivity index (χ1n) is 9.96. The third kappa shape index (κ3) is 2.16. The van der Waals surface area contributed by atoms with E-state index in [9.17, 15) is 15.0 Å². The van der Waals surface area contributed by atoms with Crippen LogP contribution >= 0.6 is 0 Å². The zero-order valence-electron chi connectivity index (χ0n) is 15.1. The summed E-state index contributed by atoms with van der Waals surface area (Å²) in [6, 6.07) is 0. The lowest BCUT2D eigenvalue weighted by atomic mass is 9.46. The molecular formula is C21H32O3. The van der Waals surface area contributed by atoms with Crippen LogP contribution in [0.5, 0.6) is 0 Å². The van der Waals surface area contributed by atoms with Crippen molar-refractivity contribution >= 4 is 5.97 Å². The van der Waals surface area contributed by atoms with Gasteiger partial charge in [-0.2, -0.15) is 0 Å². The summed E-state index contributed by atoms with van der Waals surface area (Å²) in [6.07, 6.45) is 13.3. The Labute approximate surface area is 145 Å². The zero-order chi connectivity index (χ0) is 17.1. The van der Waals surface area contributed by atoms with E-state index in [-0.39, 0.29) is 11.3 Å². The Morgan fingerprint density at radius 2 is 1.88 bits per heavy atom. The summed E-state index contributed by atoms with van der Waals surface area (Å²) in [5.41, 5.74) is 0.368. The van der Waals surface area contributed by atoms with E-state index in [1.807, 2.05) is 0 Å². The molecular weight excluding hydrogens is 300 g/mol. The smallest absolute Gasteiger partial charge is 0.332 e. The van der Waals surface area contributed by atoms with E-state index in [0.717, 1.165) is 37.0 Å². The predicted molar refractivity (Wildman–Crippen MR) is 93.4 cm³/mol. The summed E-state index contributed by atoms with van der Waals surface area (Å²) in [5.74, 6) is 1.83. The molecule has 3 heteroatoms. The number of aliphatic carboxylic acids is 1. The summed E-state index contributed by atoms with van der Waals surface area (Å²) < 4.78 is 0. The van der Waals surface area contributed by atoms with Crippen LogP contribution < -0.4 is 0 Å². The highest BCUT2D eigenvalue weighted by molar-refractivity contribution is 5.72. The number of aliphatic hydroxyl groups is 1. The lowest BCUT2D eigenvalue weighted by Crippen LogP contribution is -2.53. The minimum atomic E-state index is -1.18. The fraction of sp³-hybridized carbons (Fsp3) is 0.857. The Hall–Kier alpha value is -0.830. The second-order valence-electron chi connectivity index (χ2n) is 9.51. The Bertz CT molecular complexity index is 555. The molecule has 0 amide bonds. The summed E-state index contributed by atoms with van der Waals surface area (Å²) in [6.45, 7) is 4.77. The van der Waals surface area contributed by atoms with E-state index >= 15 is 0 Å². The molecule has 4 aliphatic carbocycles. The molecule has 0 saturated heterocycles. The highest BCUT2D eigenvalue weighted by Gasteiger charge is 2.60. The van der Waals surface area contributed by atoms with E-state index in [4.69, 9.17) is 0 Å². The molecule has 0 aromatic heterocycles. The molecule has 0 aliphatic heterocycles. The average Bonchev–Trinajstić information content (AvgIpc) is 2.90. The van der Waals surface area contributed by atoms with Crippen LogP contribution in [0.1, 0.15) is 65.2 Å². The number of hydrogen-bond donors (Lipinski definition) is 2. The van der Waals surface area contributed by atoms with Gasteiger partial charge in [0.2, 0.25) is 0 Å². The lowest BCUT2D eigenvalue weighted by Gasteiger charge is -2.59. The van der Waals surface area contributed by atoms with Gasteiger partial charge in [0.25, 0.3) is 0 Å². The van der Waals surface area contributed by atoms with Crippen LogP contribution in [0.3, 0.4) is 0 Å². The van der Waals surface area contributed by atoms with Crippen molar-refractivity contribution in [3.05, 3.63) is 12.2 Å². The molecule has 4 aliphatic rings. The van der Waals surface area contributed by atoms with E-state index in [0.29, 0.717) is 11.3 Å². The molecule has 2 N–H and O–H groups in total. The fourth-order valence-electron chi connectivity index (χ4n) is 7.55. The maximum absolute atomic E-state index is 11.4. The number of carboxylic acids is 1. The number of hydrogen-bond acceptors (Lipinski definition) is 2. The molecule has 8 atom stereocenters. The highest BCUT2D eigenvalue weighted by atomic mass is 16.4. The van der Waals surface area contributed by atoms with Crippen molar-refractivity contribution in [3.8, 4) is 0 Å². The van der Waals surface area contributed by atoms with Crippen molar-refractivity contribution in [1.29, 1.82) is 0 Å². The summed E-state index contributed by atoms with van der Waals surface area (Å²) in [5, 5.41) is 19.6. The van der Waals surface area contributed by atoms with Gasteiger partial charge >= 0.3 is 5.97 Å². The van der Waals surface area contributed by atoms with Crippen molar-refractivity contribution in [3.63, 3.8) is 0 Å². The van der Waals surface area contributed by atoms with E-state index in [1.165, 1.54) is 32.1 Å². The standard InChI is InChI=1S/C21H32O3/c1-20-11-4-3-5-13(20)6-7-14-15-8-9-17(18(22)19(23)24)21(15,2)12-10-16(14)20/h4,11,13-18,22H,3,5-10,12H2,1-2H3,(H,23,24)/t13?,14-,15-,16-,17+,18?,20-,21-/m0/s1. The molecule has 3 fully saturated rings. The fourth-order valence-corrected chi connectivity index (χ4v) is 7.55. The van der Waals surface area contributed by atoms with Crippen LogP contribution in [-0.2, 0) is 4.79 Å². The van der Waals surface area contributed by atoms with E-state index in [1.54, 1.807) is 0 Å². The van der Waals surface area contributed by atoms with Gasteiger partial charge in [0.15, 0.2) is 6.10 Å². The van der Waals surface area contributed by atoms with E-state index < -0.39 is 12.1 Å². The average molecular weight is 332 g/mol. The third-order valence-electron chi connectivity index (χ3n) is 8.83. The van der Waals surface area contributed by atoms with Crippen molar-refractivity contribution in [2.24, 2.45) is 40.4 Å². The maximum Gasteiger partial charge on any atom is 0.332 e. The Morgan fingerprint density at radius 1 is 1.08 bits per heavy atom. The number of rotatable bonds is 2. The molecule has 0 heterocycles. The van der Waals surface area contributed by atoms with Crippen molar-refractivity contribution in [2.45, 2.75) is 71.3 Å². The first kappa shape index (κ1) is 16.6. The molecule has 0 radical (unpaired) electrons. The SMILES string of the molecule is C[C@]12CC[C@H]3[C@@H](CCC4CCC=C[C@@]43C)[C@@H]1CC[C@@H]2C(O)C(=O)O. The van der Waals surface area contributed by atoms with Gasteiger partial charge in [0.1, 0.15) is 0 Å². The van der Waals surface area contributed by atoms with Gasteiger partial charge < -0.3 is 10.2 Å². The topological polar surface area (TPSA) is 57.5 Å². The monoisotopic (exact) mass is 332 g/mol. The molecule has 3 saturated carbocycles. The van der Waals surface area contributed by atoms with E-state index in [2.05, 4.69) is 26.0 Å². The first-order valence-corrected chi connectivity index (χ1v) is 9.96. The van der Waals surface area contributed by atoms with Crippen molar-refractivity contribution in [2.75, 3.05) is 0 Å². The van der Waals surface area contributed by atoms with Gasteiger partial charge in [0.05, 0.1) is 0 Å². The van der Waals surface area contributed by atoms with Gasteiger partial charge in [-0.1, -0.05) is 26.0 Å². The number of aliphatic hydroxyl groups excluding tert-OH is 1.